The van der Waals surface area contributed by atoms with Crippen molar-refractivity contribution in [3.63, 3.8) is 0 Å². The van der Waals surface area contributed by atoms with E-state index >= 15 is 0 Å². The zero-order valence-corrected chi connectivity index (χ0v) is 14.5. The largest absolute Gasteiger partial charge is 0.372 e. The first-order valence-corrected chi connectivity index (χ1v) is 9.70. The molecule has 3 rings (SSSR count). The van der Waals surface area contributed by atoms with Crippen LogP contribution in [0.25, 0.3) is 0 Å². The third kappa shape index (κ3) is 3.34. The van der Waals surface area contributed by atoms with Gasteiger partial charge in [-0.05, 0) is 38.2 Å². The fraction of sp³-hybridized carbons (Fsp3) is 0.733. The van der Waals surface area contributed by atoms with Gasteiger partial charge in [0, 0.05) is 38.6 Å². The van der Waals surface area contributed by atoms with Gasteiger partial charge in [0.25, 0.3) is 0 Å². The van der Waals surface area contributed by atoms with Gasteiger partial charge in [-0.1, -0.05) is 0 Å². The summed E-state index contributed by atoms with van der Waals surface area (Å²) in [4.78, 5) is 8.45. The van der Waals surface area contributed by atoms with Crippen LogP contribution in [0.1, 0.15) is 25.3 Å². The van der Waals surface area contributed by atoms with E-state index < -0.39 is 10.0 Å². The predicted octanol–water partition coefficient (Wildman–Crippen LogP) is 1.03. The van der Waals surface area contributed by atoms with Gasteiger partial charge in [0.15, 0.2) is 0 Å². The number of aryl methyl sites for hydroxylation is 1. The van der Waals surface area contributed by atoms with E-state index in [4.69, 9.17) is 4.74 Å². The highest BCUT2D eigenvalue weighted by Gasteiger charge is 2.55. The molecule has 1 N–H and O–H groups in total. The van der Waals surface area contributed by atoms with E-state index in [1.807, 2.05) is 6.92 Å². The fourth-order valence-electron chi connectivity index (χ4n) is 3.31. The van der Waals surface area contributed by atoms with Gasteiger partial charge in [-0.2, -0.15) is 4.31 Å². The molecule has 0 radical (unpaired) electrons. The van der Waals surface area contributed by atoms with E-state index in [-0.39, 0.29) is 11.4 Å². The monoisotopic (exact) mass is 340 g/mol. The number of nitrogens with one attached hydrogen (secondary N) is 1. The lowest BCUT2D eigenvalue weighted by Crippen LogP contribution is -2.66. The van der Waals surface area contributed by atoms with Gasteiger partial charge in [-0.15, -0.1) is 0 Å². The lowest BCUT2D eigenvalue weighted by atomic mass is 9.80. The average molecular weight is 340 g/mol. The number of rotatable bonds is 6. The summed E-state index contributed by atoms with van der Waals surface area (Å²) in [5, 5.41) is 3.23. The summed E-state index contributed by atoms with van der Waals surface area (Å²) < 4.78 is 31.2. The first-order valence-electron chi connectivity index (χ1n) is 8.09. The molecule has 23 heavy (non-hydrogen) atoms. The molecule has 1 atom stereocenters. The molecule has 7 nitrogen and oxygen atoms in total. The van der Waals surface area contributed by atoms with Crippen molar-refractivity contribution >= 4 is 16.0 Å². The first kappa shape index (κ1) is 16.6. The minimum Gasteiger partial charge on any atom is -0.372 e. The molecular weight excluding hydrogens is 316 g/mol. The van der Waals surface area contributed by atoms with E-state index in [0.717, 1.165) is 24.9 Å². The van der Waals surface area contributed by atoms with Crippen LogP contribution in [0.15, 0.2) is 12.4 Å². The first-order chi connectivity index (χ1) is 11.0. The second kappa shape index (κ2) is 6.33. The predicted molar refractivity (Wildman–Crippen MR) is 87.7 cm³/mol. The molecule has 3 heterocycles. The van der Waals surface area contributed by atoms with E-state index in [9.17, 15) is 8.42 Å². The van der Waals surface area contributed by atoms with Gasteiger partial charge >= 0.3 is 0 Å². The molecule has 1 aromatic heterocycles. The van der Waals surface area contributed by atoms with Gasteiger partial charge in [0.2, 0.25) is 16.0 Å². The van der Waals surface area contributed by atoms with E-state index in [1.54, 1.807) is 23.6 Å². The number of hydrogen-bond acceptors (Lipinski definition) is 6. The number of aromatic nitrogens is 2. The molecule has 8 heteroatoms. The van der Waals surface area contributed by atoms with Crippen molar-refractivity contribution in [2.24, 2.45) is 5.92 Å². The molecule has 0 saturated carbocycles. The van der Waals surface area contributed by atoms with Crippen LogP contribution in [0, 0.1) is 12.8 Å². The number of nitrogens with zero attached hydrogens (tertiary/aromatic N) is 3. The standard InChI is InChI=1S/C15H24N4O3S/c1-3-23(20,21)19-10-15(11-19)13(5-7-22-15)4-6-16-14-17-8-12(2)9-18-14/h8-9,13H,3-7,10-11H2,1-2H3,(H,16,17,18)/t13-/m1/s1. The molecule has 0 aromatic carbocycles. The average Bonchev–Trinajstić information content (AvgIpc) is 2.92. The third-order valence-corrected chi connectivity index (χ3v) is 6.58. The molecular formula is C15H24N4O3S. The van der Waals surface area contributed by atoms with Crippen molar-refractivity contribution in [2.75, 3.05) is 37.3 Å². The summed E-state index contributed by atoms with van der Waals surface area (Å²) in [7, 11) is -3.10. The zero-order valence-electron chi connectivity index (χ0n) is 13.7. The van der Waals surface area contributed by atoms with Gasteiger partial charge in [0.05, 0.1) is 11.4 Å². The second-order valence-electron chi connectivity index (χ2n) is 6.37. The third-order valence-electron chi connectivity index (χ3n) is 4.80. The maximum atomic E-state index is 11.9. The highest BCUT2D eigenvalue weighted by molar-refractivity contribution is 7.89. The SMILES string of the molecule is CCS(=O)(=O)N1CC2(C1)OCC[C@H]2CCNc1ncc(C)cn1. The molecule has 0 unspecified atom stereocenters. The molecule has 128 valence electrons. The molecule has 1 aromatic rings. The van der Waals surface area contributed by atoms with Crippen LogP contribution in [-0.4, -0.2) is 60.3 Å². The lowest BCUT2D eigenvalue weighted by molar-refractivity contribution is -0.102. The molecule has 0 amide bonds. The summed E-state index contributed by atoms with van der Waals surface area (Å²) >= 11 is 0. The Bertz CT molecular complexity index is 641. The highest BCUT2D eigenvalue weighted by Crippen LogP contribution is 2.42. The van der Waals surface area contributed by atoms with Gasteiger partial charge in [-0.25, -0.2) is 18.4 Å². The van der Waals surface area contributed by atoms with Crippen LogP contribution in [0.3, 0.4) is 0 Å². The Morgan fingerprint density at radius 3 is 2.74 bits per heavy atom. The Morgan fingerprint density at radius 2 is 2.09 bits per heavy atom. The van der Waals surface area contributed by atoms with Gasteiger partial charge in [-0.3, -0.25) is 0 Å². The van der Waals surface area contributed by atoms with Gasteiger partial charge in [0.1, 0.15) is 0 Å². The van der Waals surface area contributed by atoms with Crippen LogP contribution in [0.2, 0.25) is 0 Å². The second-order valence-corrected chi connectivity index (χ2v) is 8.62. The van der Waals surface area contributed by atoms with Crippen molar-refractivity contribution in [3.05, 3.63) is 18.0 Å². The lowest BCUT2D eigenvalue weighted by Gasteiger charge is -2.49. The molecule has 2 fully saturated rings. The Morgan fingerprint density at radius 1 is 1.39 bits per heavy atom. The van der Waals surface area contributed by atoms with Crippen molar-refractivity contribution < 1.29 is 13.2 Å². The Labute approximate surface area is 137 Å². The smallest absolute Gasteiger partial charge is 0.222 e. The molecule has 0 bridgehead atoms. The minimum atomic E-state index is -3.10. The minimum absolute atomic E-state index is 0.153. The Kier molecular flexibility index (Phi) is 4.57. The highest BCUT2D eigenvalue weighted by atomic mass is 32.2. The quantitative estimate of drug-likeness (QED) is 0.832. The topological polar surface area (TPSA) is 84.4 Å². The maximum Gasteiger partial charge on any atom is 0.222 e. The van der Waals surface area contributed by atoms with Crippen LogP contribution >= 0.6 is 0 Å². The van der Waals surface area contributed by atoms with E-state index in [0.29, 0.717) is 31.6 Å². The van der Waals surface area contributed by atoms with Crippen LogP contribution < -0.4 is 5.32 Å². The number of ether oxygens (including phenoxy) is 1. The normalized spacial score (nSPS) is 23.8. The Hall–Kier alpha value is -1.25. The van der Waals surface area contributed by atoms with Crippen molar-refractivity contribution in [1.29, 1.82) is 0 Å². The zero-order chi connectivity index (χ0) is 16.5. The van der Waals surface area contributed by atoms with Crippen LogP contribution in [0.4, 0.5) is 5.95 Å². The van der Waals surface area contributed by atoms with Crippen molar-refractivity contribution in [1.82, 2.24) is 14.3 Å². The summed E-state index contributed by atoms with van der Waals surface area (Å²) in [6.07, 6.45) is 5.48. The fourth-order valence-corrected chi connectivity index (χ4v) is 4.51. The van der Waals surface area contributed by atoms with Crippen LogP contribution in [-0.2, 0) is 14.8 Å². The summed E-state index contributed by atoms with van der Waals surface area (Å²) in [5.41, 5.74) is 0.753. The molecule has 2 aliphatic heterocycles. The Balaban J connectivity index is 1.51. The molecule has 0 aliphatic carbocycles. The van der Waals surface area contributed by atoms with E-state index in [1.165, 1.54) is 0 Å². The molecule has 1 spiro atoms. The molecule has 2 saturated heterocycles. The summed E-state index contributed by atoms with van der Waals surface area (Å²) in [6, 6.07) is 0. The van der Waals surface area contributed by atoms with Gasteiger partial charge < -0.3 is 10.1 Å². The number of hydrogen-bond donors (Lipinski definition) is 1. The maximum absolute atomic E-state index is 11.9. The van der Waals surface area contributed by atoms with E-state index in [2.05, 4.69) is 15.3 Å². The summed E-state index contributed by atoms with van der Waals surface area (Å²) in [5.74, 6) is 1.16. The summed E-state index contributed by atoms with van der Waals surface area (Å²) in [6.45, 7) is 6.10. The number of sulfonamides is 1. The van der Waals surface area contributed by atoms with Crippen molar-refractivity contribution in [3.8, 4) is 0 Å². The molecule has 2 aliphatic rings. The van der Waals surface area contributed by atoms with Crippen LogP contribution in [0.5, 0.6) is 0 Å². The van der Waals surface area contributed by atoms with Crippen molar-refractivity contribution in [2.45, 2.75) is 32.3 Å². The number of anilines is 1.